The van der Waals surface area contributed by atoms with Gasteiger partial charge in [0.1, 0.15) is 5.75 Å². The zero-order chi connectivity index (χ0) is 18.8. The predicted octanol–water partition coefficient (Wildman–Crippen LogP) is 4.95. The Hall–Kier alpha value is -2.67. The Morgan fingerprint density at radius 2 is 1.88 bits per heavy atom. The van der Waals surface area contributed by atoms with E-state index in [0.717, 1.165) is 26.5 Å². The van der Waals surface area contributed by atoms with E-state index in [0.29, 0.717) is 5.75 Å². The summed E-state index contributed by atoms with van der Waals surface area (Å²) in [5.41, 5.74) is 3.20. The average Bonchev–Trinajstić information content (AvgIpc) is 2.82. The summed E-state index contributed by atoms with van der Waals surface area (Å²) < 4.78 is 7.84. The van der Waals surface area contributed by atoms with E-state index in [2.05, 4.69) is 26.2 Å². The molecule has 6 nitrogen and oxygen atoms in total. The molecule has 2 aromatic carbocycles. The number of nitrogens with zero attached hydrogens (tertiary/aromatic N) is 3. The monoisotopic (exact) mass is 415 g/mol. The van der Waals surface area contributed by atoms with Gasteiger partial charge in [-0.1, -0.05) is 17.7 Å². The van der Waals surface area contributed by atoms with Gasteiger partial charge >= 0.3 is 5.91 Å². The number of amides is 1. The molecule has 1 aromatic heterocycles. The molecule has 1 amide bonds. The molecule has 0 aliphatic heterocycles. The van der Waals surface area contributed by atoms with Gasteiger partial charge in [0, 0.05) is 12.4 Å². The number of halogens is 1. The number of hydrogen-bond acceptors (Lipinski definition) is 4. The predicted molar refractivity (Wildman–Crippen MR) is 103 cm³/mol. The Morgan fingerprint density at radius 1 is 1.19 bits per heavy atom. The van der Waals surface area contributed by atoms with Gasteiger partial charge in [0.05, 0.1) is 9.99 Å². The van der Waals surface area contributed by atoms with Crippen LogP contribution in [0.1, 0.15) is 11.1 Å². The number of rotatable bonds is 4. The molecule has 3 rings (SSSR count). The van der Waals surface area contributed by atoms with Crippen molar-refractivity contribution >= 4 is 38.4 Å². The van der Waals surface area contributed by atoms with Crippen LogP contribution in [0.2, 0.25) is 0 Å². The molecule has 0 spiro atoms. The van der Waals surface area contributed by atoms with Crippen molar-refractivity contribution in [3.05, 3.63) is 52.0 Å². The van der Waals surface area contributed by atoms with Crippen molar-refractivity contribution in [1.29, 1.82) is 0 Å². The van der Waals surface area contributed by atoms with Crippen molar-refractivity contribution in [1.82, 2.24) is 4.57 Å². The third-order valence-corrected chi connectivity index (χ3v) is 4.62. The van der Waals surface area contributed by atoms with Crippen LogP contribution in [-0.4, -0.2) is 22.2 Å². The van der Waals surface area contributed by atoms with Gasteiger partial charge in [0.15, 0.2) is 12.3 Å². The number of hydrogen-bond donors (Lipinski definition) is 1. The number of ether oxygens (including phenoxy) is 1. The Morgan fingerprint density at radius 3 is 2.62 bits per heavy atom. The van der Waals surface area contributed by atoms with Gasteiger partial charge in [-0.25, -0.2) is 0 Å². The van der Waals surface area contributed by atoms with Crippen LogP contribution in [0.4, 0.5) is 5.69 Å². The minimum Gasteiger partial charge on any atom is -0.493 e. The number of azo groups is 1. The third kappa shape index (κ3) is 3.62. The van der Waals surface area contributed by atoms with Crippen molar-refractivity contribution in [3.63, 3.8) is 0 Å². The first-order chi connectivity index (χ1) is 12.4. The fourth-order valence-corrected chi connectivity index (χ4v) is 3.23. The summed E-state index contributed by atoms with van der Waals surface area (Å²) in [4.78, 5) is 12.0. The second-order valence-corrected chi connectivity index (χ2v) is 6.92. The summed E-state index contributed by atoms with van der Waals surface area (Å²) in [7, 11) is 1.73. The zero-order valence-corrected chi connectivity index (χ0v) is 16.2. The molecule has 134 valence electrons. The molecular formula is C19H18BrN3O3. The number of benzene rings is 2. The maximum atomic E-state index is 12.0. The molecule has 0 atom stereocenters. The SMILES string of the molecule is Cc1ccc(OCC(=O)N=Nc2c(O)n(C)c3ccc(C)cc23)c(Br)c1. The van der Waals surface area contributed by atoms with Gasteiger partial charge in [-0.05, 0) is 59.6 Å². The van der Waals surface area contributed by atoms with Crippen LogP contribution in [0.25, 0.3) is 10.9 Å². The first-order valence-corrected chi connectivity index (χ1v) is 8.77. The summed E-state index contributed by atoms with van der Waals surface area (Å²) >= 11 is 3.39. The minimum absolute atomic E-state index is 0.0376. The van der Waals surface area contributed by atoms with Crippen molar-refractivity contribution in [2.75, 3.05) is 6.61 Å². The molecule has 0 bridgehead atoms. The van der Waals surface area contributed by atoms with Gasteiger partial charge in [0.2, 0.25) is 5.88 Å². The maximum Gasteiger partial charge on any atom is 0.302 e. The van der Waals surface area contributed by atoms with E-state index in [9.17, 15) is 9.90 Å². The lowest BCUT2D eigenvalue weighted by molar-refractivity contribution is -0.120. The summed E-state index contributed by atoms with van der Waals surface area (Å²) in [6, 6.07) is 11.3. The van der Waals surface area contributed by atoms with Gasteiger partial charge in [-0.3, -0.25) is 4.79 Å². The van der Waals surface area contributed by atoms with Crippen LogP contribution in [-0.2, 0) is 11.8 Å². The highest BCUT2D eigenvalue weighted by atomic mass is 79.9. The molecule has 0 saturated carbocycles. The topological polar surface area (TPSA) is 76.2 Å². The smallest absolute Gasteiger partial charge is 0.302 e. The second kappa shape index (κ2) is 7.29. The number of carbonyl (C=O) groups excluding carboxylic acids is 1. The van der Waals surface area contributed by atoms with Crippen LogP contribution in [0.3, 0.4) is 0 Å². The molecular weight excluding hydrogens is 398 g/mol. The molecule has 0 aliphatic rings. The van der Waals surface area contributed by atoms with Crippen molar-refractivity contribution in [2.45, 2.75) is 13.8 Å². The number of aryl methyl sites for hydroxylation is 3. The van der Waals surface area contributed by atoms with Crippen molar-refractivity contribution in [2.24, 2.45) is 17.3 Å². The summed E-state index contributed by atoms with van der Waals surface area (Å²) in [5.74, 6) is -0.0198. The Labute approximate surface area is 159 Å². The molecule has 1 N–H and O–H groups in total. The van der Waals surface area contributed by atoms with E-state index in [1.54, 1.807) is 17.7 Å². The molecule has 0 unspecified atom stereocenters. The summed E-state index contributed by atoms with van der Waals surface area (Å²) in [6.07, 6.45) is 0. The Bertz CT molecular complexity index is 1020. The molecule has 3 aromatic rings. The van der Waals surface area contributed by atoms with Gasteiger partial charge in [-0.15, -0.1) is 10.2 Å². The van der Waals surface area contributed by atoms with Crippen molar-refractivity contribution in [3.8, 4) is 11.6 Å². The fourth-order valence-electron chi connectivity index (χ4n) is 2.62. The van der Waals surface area contributed by atoms with Crippen LogP contribution >= 0.6 is 15.9 Å². The third-order valence-electron chi connectivity index (χ3n) is 4.00. The fraction of sp³-hybridized carbons (Fsp3) is 0.211. The largest absolute Gasteiger partial charge is 0.493 e. The van der Waals surface area contributed by atoms with E-state index in [4.69, 9.17) is 4.74 Å². The van der Waals surface area contributed by atoms with Gasteiger partial charge in [0.25, 0.3) is 0 Å². The molecule has 0 aliphatic carbocycles. The normalized spacial score (nSPS) is 11.4. The number of aromatic nitrogens is 1. The van der Waals surface area contributed by atoms with E-state index in [1.807, 2.05) is 44.2 Å². The van der Waals surface area contributed by atoms with Crippen molar-refractivity contribution < 1.29 is 14.6 Å². The highest BCUT2D eigenvalue weighted by Gasteiger charge is 2.15. The standard InChI is InChI=1S/C19H18BrN3O3/c1-11-4-6-15-13(8-11)18(19(25)23(15)3)22-21-17(24)10-26-16-7-5-12(2)9-14(16)20/h4-9,25H,10H2,1-3H3. The maximum absolute atomic E-state index is 12.0. The highest BCUT2D eigenvalue weighted by Crippen LogP contribution is 2.38. The molecule has 7 heteroatoms. The molecule has 0 saturated heterocycles. The minimum atomic E-state index is -0.540. The average molecular weight is 416 g/mol. The van der Waals surface area contributed by atoms with E-state index in [-0.39, 0.29) is 18.2 Å². The van der Waals surface area contributed by atoms with E-state index >= 15 is 0 Å². The van der Waals surface area contributed by atoms with Crippen LogP contribution in [0.5, 0.6) is 11.6 Å². The quantitative estimate of drug-likeness (QED) is 0.612. The number of fused-ring (bicyclic) bond motifs is 1. The molecule has 0 fully saturated rings. The molecule has 26 heavy (non-hydrogen) atoms. The molecule has 1 heterocycles. The number of carbonyl (C=O) groups is 1. The van der Waals surface area contributed by atoms with Crippen LogP contribution in [0, 0.1) is 13.8 Å². The Balaban J connectivity index is 1.77. The summed E-state index contributed by atoms with van der Waals surface area (Å²) in [5, 5.41) is 18.6. The molecule has 0 radical (unpaired) electrons. The lowest BCUT2D eigenvalue weighted by Gasteiger charge is -2.06. The van der Waals surface area contributed by atoms with Gasteiger partial charge < -0.3 is 14.4 Å². The van der Waals surface area contributed by atoms with Gasteiger partial charge in [-0.2, -0.15) is 0 Å². The first-order valence-electron chi connectivity index (χ1n) is 7.98. The van der Waals surface area contributed by atoms with E-state index < -0.39 is 5.91 Å². The summed E-state index contributed by atoms with van der Waals surface area (Å²) in [6.45, 7) is 3.67. The lowest BCUT2D eigenvalue weighted by atomic mass is 10.1. The lowest BCUT2D eigenvalue weighted by Crippen LogP contribution is -2.08. The first kappa shape index (κ1) is 18.1. The van der Waals surface area contributed by atoms with E-state index in [1.165, 1.54) is 0 Å². The Kier molecular flexibility index (Phi) is 5.08. The highest BCUT2D eigenvalue weighted by molar-refractivity contribution is 9.10. The van der Waals surface area contributed by atoms with Crippen LogP contribution in [0.15, 0.2) is 51.1 Å². The zero-order valence-electron chi connectivity index (χ0n) is 14.7. The van der Waals surface area contributed by atoms with Crippen LogP contribution < -0.4 is 4.74 Å². The number of aromatic hydroxyl groups is 1. The second-order valence-electron chi connectivity index (χ2n) is 6.07.